The minimum atomic E-state index is -0.634. The van der Waals surface area contributed by atoms with Gasteiger partial charge in [0.15, 0.2) is 6.29 Å². The number of likely N-dealkylation sites (tertiary alicyclic amines) is 1. The average Bonchev–Trinajstić information content (AvgIpc) is 3.05. The molecule has 2 heterocycles. The molecule has 2 atom stereocenters. The summed E-state index contributed by atoms with van der Waals surface area (Å²) in [5.74, 6) is 6.49. The number of anilines is 2. The Labute approximate surface area is 211 Å². The van der Waals surface area contributed by atoms with Gasteiger partial charge in [-0.2, -0.15) is 0 Å². The summed E-state index contributed by atoms with van der Waals surface area (Å²) in [6.07, 6.45) is 1.68. The van der Waals surface area contributed by atoms with E-state index in [4.69, 9.17) is 22.2 Å². The number of alkyl halides is 1. The number of carbonyl (C=O) groups is 2. The summed E-state index contributed by atoms with van der Waals surface area (Å²) < 4.78 is 5.67. The van der Waals surface area contributed by atoms with Gasteiger partial charge in [0.05, 0.1) is 17.4 Å². The number of rotatable bonds is 4. The summed E-state index contributed by atoms with van der Waals surface area (Å²) in [6, 6.07) is 14.7. The summed E-state index contributed by atoms with van der Waals surface area (Å²) in [5, 5.41) is 4.65. The molecule has 0 saturated carbocycles. The lowest BCUT2D eigenvalue weighted by atomic mass is 10.1. The number of nitrogens with zero attached hydrogens (tertiary/aromatic N) is 3. The van der Waals surface area contributed by atoms with Crippen LogP contribution >= 0.6 is 11.6 Å². The molecule has 1 fully saturated rings. The molecule has 2 aliphatic rings. The first-order valence-corrected chi connectivity index (χ1v) is 12.6. The second-order valence-corrected chi connectivity index (χ2v) is 10.3. The van der Waals surface area contributed by atoms with E-state index in [1.807, 2.05) is 57.2 Å². The van der Waals surface area contributed by atoms with E-state index in [0.29, 0.717) is 24.5 Å². The zero-order valence-electron chi connectivity index (χ0n) is 20.5. The van der Waals surface area contributed by atoms with E-state index in [9.17, 15) is 9.59 Å². The smallest absolute Gasteiger partial charge is 0.410 e. The van der Waals surface area contributed by atoms with E-state index in [2.05, 4.69) is 10.2 Å². The van der Waals surface area contributed by atoms with Gasteiger partial charge in [0.1, 0.15) is 5.60 Å². The van der Waals surface area contributed by atoms with Gasteiger partial charge >= 0.3 is 6.09 Å². The van der Waals surface area contributed by atoms with E-state index in [1.54, 1.807) is 17.0 Å². The molecule has 2 amide bonds. The third-order valence-electron chi connectivity index (χ3n) is 6.28. The fourth-order valence-corrected chi connectivity index (χ4v) is 4.93. The fraction of sp³-hybridized carbons (Fsp3) is 0.462. The Bertz CT molecular complexity index is 1060. The number of nitrogens with one attached hydrogen (secondary N) is 1. The molecular formula is C26H34ClN5O3. The SMILES string of the molecule is CC(C)(C)OC(=O)N1CCCC[C@@H](N2c3c(CCl)cccc3NC2N(N)C(=O)c2ccccc2)C1. The molecule has 0 aliphatic carbocycles. The van der Waals surface area contributed by atoms with Crippen molar-refractivity contribution in [3.05, 3.63) is 59.7 Å². The topological polar surface area (TPSA) is 91.1 Å². The number of hydrogen-bond acceptors (Lipinski definition) is 6. The normalized spacial score (nSPS) is 20.0. The number of hydrogen-bond donors (Lipinski definition) is 2. The number of nitrogens with two attached hydrogens (primary N) is 1. The molecular weight excluding hydrogens is 466 g/mol. The van der Waals surface area contributed by atoms with Crippen molar-refractivity contribution in [2.45, 2.75) is 63.8 Å². The maximum Gasteiger partial charge on any atom is 0.410 e. The molecule has 0 radical (unpaired) electrons. The van der Waals surface area contributed by atoms with Crippen LogP contribution in [0.4, 0.5) is 16.2 Å². The highest BCUT2D eigenvalue weighted by atomic mass is 35.5. The Morgan fingerprint density at radius 3 is 2.57 bits per heavy atom. The summed E-state index contributed by atoms with van der Waals surface area (Å²) in [7, 11) is 0. The molecule has 1 unspecified atom stereocenters. The monoisotopic (exact) mass is 499 g/mol. The van der Waals surface area contributed by atoms with E-state index < -0.39 is 11.9 Å². The molecule has 8 nitrogen and oxygen atoms in total. The number of benzene rings is 2. The highest BCUT2D eigenvalue weighted by Crippen LogP contribution is 2.41. The van der Waals surface area contributed by atoms with Crippen molar-refractivity contribution in [1.82, 2.24) is 9.91 Å². The second kappa shape index (κ2) is 10.3. The first-order valence-electron chi connectivity index (χ1n) is 12.0. The van der Waals surface area contributed by atoms with Crippen molar-refractivity contribution in [2.24, 2.45) is 5.84 Å². The van der Waals surface area contributed by atoms with Gasteiger partial charge < -0.3 is 19.9 Å². The predicted molar refractivity (Wildman–Crippen MR) is 138 cm³/mol. The lowest BCUT2D eigenvalue weighted by Crippen LogP contribution is -2.60. The predicted octanol–water partition coefficient (Wildman–Crippen LogP) is 4.75. The molecule has 2 aromatic rings. The van der Waals surface area contributed by atoms with Crippen LogP contribution in [0.15, 0.2) is 48.5 Å². The van der Waals surface area contributed by atoms with E-state index >= 15 is 0 Å². The molecule has 188 valence electrons. The maximum atomic E-state index is 13.3. The Hall–Kier alpha value is -2.97. The maximum absolute atomic E-state index is 13.3. The molecule has 2 aliphatic heterocycles. The van der Waals surface area contributed by atoms with E-state index in [-0.39, 0.29) is 18.0 Å². The van der Waals surface area contributed by atoms with Gasteiger partial charge in [0, 0.05) is 24.5 Å². The zero-order chi connectivity index (χ0) is 25.2. The van der Waals surface area contributed by atoms with E-state index in [0.717, 1.165) is 36.2 Å². The van der Waals surface area contributed by atoms with Crippen molar-refractivity contribution in [2.75, 3.05) is 23.3 Å². The quantitative estimate of drug-likeness (QED) is 0.273. The molecule has 2 aromatic carbocycles. The Kier molecular flexibility index (Phi) is 7.42. The Morgan fingerprint density at radius 2 is 1.89 bits per heavy atom. The van der Waals surface area contributed by atoms with Crippen molar-refractivity contribution in [1.29, 1.82) is 0 Å². The van der Waals surface area contributed by atoms with Crippen LogP contribution in [-0.4, -0.2) is 52.9 Å². The van der Waals surface area contributed by atoms with Crippen LogP contribution in [0, 0.1) is 0 Å². The molecule has 0 spiro atoms. The van der Waals surface area contributed by atoms with Gasteiger partial charge in [-0.1, -0.05) is 30.3 Å². The molecule has 3 N–H and O–H groups in total. The summed E-state index contributed by atoms with van der Waals surface area (Å²) in [4.78, 5) is 30.1. The minimum Gasteiger partial charge on any atom is -0.444 e. The van der Waals surface area contributed by atoms with Crippen LogP contribution in [0.2, 0.25) is 0 Å². The number of fused-ring (bicyclic) bond motifs is 1. The molecule has 35 heavy (non-hydrogen) atoms. The fourth-order valence-electron chi connectivity index (χ4n) is 4.72. The number of halogens is 1. The van der Waals surface area contributed by atoms with Gasteiger partial charge in [-0.15, -0.1) is 11.6 Å². The lowest BCUT2D eigenvalue weighted by Gasteiger charge is -2.40. The lowest BCUT2D eigenvalue weighted by molar-refractivity contribution is 0.0243. The number of amides is 2. The largest absolute Gasteiger partial charge is 0.444 e. The van der Waals surface area contributed by atoms with Gasteiger partial charge in [-0.3, -0.25) is 4.79 Å². The standard InChI is InChI=1S/C26H34ClN5O3/c1-26(2,3)35-25(34)30-15-8-7-13-20(17-30)31-22-19(16-27)12-9-14-21(22)29-24(31)32(28)23(33)18-10-5-4-6-11-18/h4-6,9-12,14,20,24,29H,7-8,13,15-17,28H2,1-3H3/t20-,24?/m1/s1. The Balaban J connectivity index is 1.68. The van der Waals surface area contributed by atoms with Crippen LogP contribution in [0.1, 0.15) is 56.0 Å². The van der Waals surface area contributed by atoms with Gasteiger partial charge in [-0.05, 0) is 63.8 Å². The highest BCUT2D eigenvalue weighted by Gasteiger charge is 2.41. The molecule has 0 bridgehead atoms. The summed E-state index contributed by atoms with van der Waals surface area (Å²) in [5.41, 5.74) is 2.64. The van der Waals surface area contributed by atoms with Crippen LogP contribution in [0.5, 0.6) is 0 Å². The summed E-state index contributed by atoms with van der Waals surface area (Å²) >= 11 is 6.33. The van der Waals surface area contributed by atoms with Crippen molar-refractivity contribution >= 4 is 35.0 Å². The van der Waals surface area contributed by atoms with Gasteiger partial charge in [0.2, 0.25) is 0 Å². The molecule has 4 rings (SSSR count). The number of para-hydroxylation sites is 1. The van der Waals surface area contributed by atoms with Crippen LogP contribution in [0.3, 0.4) is 0 Å². The number of ether oxygens (including phenoxy) is 1. The average molecular weight is 500 g/mol. The first-order chi connectivity index (χ1) is 16.7. The second-order valence-electron chi connectivity index (χ2n) is 10.0. The van der Waals surface area contributed by atoms with Crippen LogP contribution in [-0.2, 0) is 10.6 Å². The minimum absolute atomic E-state index is 0.0947. The van der Waals surface area contributed by atoms with Gasteiger partial charge in [-0.25, -0.2) is 15.6 Å². The van der Waals surface area contributed by atoms with E-state index in [1.165, 1.54) is 5.01 Å². The third kappa shape index (κ3) is 5.49. The van der Waals surface area contributed by atoms with Crippen molar-refractivity contribution < 1.29 is 14.3 Å². The first kappa shape index (κ1) is 25.1. The third-order valence-corrected chi connectivity index (χ3v) is 6.57. The van der Waals surface area contributed by atoms with Crippen LogP contribution < -0.4 is 16.1 Å². The van der Waals surface area contributed by atoms with Crippen molar-refractivity contribution in [3.8, 4) is 0 Å². The van der Waals surface area contributed by atoms with Gasteiger partial charge in [0.25, 0.3) is 5.91 Å². The van der Waals surface area contributed by atoms with Crippen molar-refractivity contribution in [3.63, 3.8) is 0 Å². The zero-order valence-corrected chi connectivity index (χ0v) is 21.3. The number of carbonyl (C=O) groups excluding carboxylic acids is 2. The molecule has 1 saturated heterocycles. The molecule has 0 aromatic heterocycles. The summed E-state index contributed by atoms with van der Waals surface area (Å²) in [6.45, 7) is 6.68. The Morgan fingerprint density at radius 1 is 1.14 bits per heavy atom. The van der Waals surface area contributed by atoms with Crippen LogP contribution in [0.25, 0.3) is 0 Å². The molecule has 9 heteroatoms. The number of hydrazine groups is 1. The highest BCUT2D eigenvalue weighted by molar-refractivity contribution is 6.17.